The highest BCUT2D eigenvalue weighted by atomic mass is 32.1. The van der Waals surface area contributed by atoms with Gasteiger partial charge in [0, 0.05) is 31.2 Å². The molecule has 1 saturated carbocycles. The van der Waals surface area contributed by atoms with E-state index in [1.54, 1.807) is 0 Å². The zero-order valence-corrected chi connectivity index (χ0v) is 14.9. The van der Waals surface area contributed by atoms with Crippen LogP contribution in [0.25, 0.3) is 0 Å². The number of hydrogen-bond acceptors (Lipinski definition) is 2. The lowest BCUT2D eigenvalue weighted by Gasteiger charge is -2.37. The largest absolute Gasteiger partial charge is 0.353 e. The average molecular weight is 340 g/mol. The Hall–Kier alpha value is -1.88. The SMILES string of the molecule is Cn1cccc1[C@@H]1[C@H](c2ccccn2)NC(=S)N1C1CCCCC1. The summed E-state index contributed by atoms with van der Waals surface area (Å²) in [6.45, 7) is 0. The zero-order valence-electron chi connectivity index (χ0n) is 14.1. The number of rotatable bonds is 3. The molecule has 1 saturated heterocycles. The minimum Gasteiger partial charge on any atom is -0.353 e. The predicted octanol–water partition coefficient (Wildman–Crippen LogP) is 3.73. The third-order valence-electron chi connectivity index (χ3n) is 5.39. The summed E-state index contributed by atoms with van der Waals surface area (Å²) in [5.41, 5.74) is 2.35. The number of thiocarbonyl (C=S) groups is 1. The van der Waals surface area contributed by atoms with Crippen molar-refractivity contribution in [3.63, 3.8) is 0 Å². The molecule has 1 aliphatic heterocycles. The maximum atomic E-state index is 5.77. The van der Waals surface area contributed by atoms with Crippen LogP contribution in [0.5, 0.6) is 0 Å². The molecule has 1 aliphatic carbocycles. The van der Waals surface area contributed by atoms with E-state index in [0.29, 0.717) is 6.04 Å². The van der Waals surface area contributed by atoms with Gasteiger partial charge in [-0.3, -0.25) is 4.98 Å². The van der Waals surface area contributed by atoms with Crippen molar-refractivity contribution in [1.82, 2.24) is 19.8 Å². The van der Waals surface area contributed by atoms with E-state index in [1.807, 2.05) is 12.3 Å². The van der Waals surface area contributed by atoms with Crippen LogP contribution in [0.4, 0.5) is 0 Å². The monoisotopic (exact) mass is 340 g/mol. The molecule has 0 bridgehead atoms. The Morgan fingerprint density at radius 2 is 1.96 bits per heavy atom. The van der Waals surface area contributed by atoms with Gasteiger partial charge in [-0.05, 0) is 49.3 Å². The Kier molecular flexibility index (Phi) is 4.27. The van der Waals surface area contributed by atoms with Crippen molar-refractivity contribution in [3.8, 4) is 0 Å². The third kappa shape index (κ3) is 2.71. The second-order valence-electron chi connectivity index (χ2n) is 6.87. The van der Waals surface area contributed by atoms with Gasteiger partial charge in [-0.25, -0.2) is 0 Å². The first-order valence-electron chi connectivity index (χ1n) is 8.86. The van der Waals surface area contributed by atoms with Gasteiger partial charge in [-0.15, -0.1) is 0 Å². The van der Waals surface area contributed by atoms with Crippen LogP contribution >= 0.6 is 12.2 Å². The minimum atomic E-state index is 0.106. The second kappa shape index (κ2) is 6.55. The first-order valence-corrected chi connectivity index (χ1v) is 9.27. The van der Waals surface area contributed by atoms with E-state index < -0.39 is 0 Å². The lowest BCUT2D eigenvalue weighted by molar-refractivity contribution is 0.192. The summed E-state index contributed by atoms with van der Waals surface area (Å²) < 4.78 is 2.21. The summed E-state index contributed by atoms with van der Waals surface area (Å²) >= 11 is 5.77. The predicted molar refractivity (Wildman–Crippen MR) is 99.6 cm³/mol. The molecular weight excluding hydrogens is 316 g/mol. The molecule has 2 atom stereocenters. The van der Waals surface area contributed by atoms with Crippen molar-refractivity contribution >= 4 is 17.3 Å². The third-order valence-corrected chi connectivity index (χ3v) is 5.72. The summed E-state index contributed by atoms with van der Waals surface area (Å²) in [6.07, 6.45) is 10.4. The lowest BCUT2D eigenvalue weighted by atomic mass is 9.92. The quantitative estimate of drug-likeness (QED) is 0.863. The molecule has 0 amide bonds. The van der Waals surface area contributed by atoms with Crippen molar-refractivity contribution in [1.29, 1.82) is 0 Å². The summed E-state index contributed by atoms with van der Waals surface area (Å²) in [4.78, 5) is 7.07. The van der Waals surface area contributed by atoms with Crippen LogP contribution in [0, 0.1) is 0 Å². The van der Waals surface area contributed by atoms with E-state index >= 15 is 0 Å². The molecule has 0 radical (unpaired) electrons. The van der Waals surface area contributed by atoms with E-state index in [2.05, 4.69) is 57.3 Å². The molecule has 0 unspecified atom stereocenters. The van der Waals surface area contributed by atoms with E-state index in [1.165, 1.54) is 37.8 Å². The Bertz CT molecular complexity index is 705. The standard InChI is InChI=1S/C19H24N4S/c1-22-13-7-11-16(22)18-17(15-10-5-6-12-20-15)21-19(24)23(18)14-8-3-2-4-9-14/h5-7,10-14,17-18H,2-4,8-9H2,1H3,(H,21,24)/t17-,18+/m0/s1. The molecule has 3 heterocycles. The van der Waals surface area contributed by atoms with Gasteiger partial charge in [0.05, 0.1) is 17.8 Å². The van der Waals surface area contributed by atoms with E-state index in [0.717, 1.165) is 10.8 Å². The van der Waals surface area contributed by atoms with E-state index in [-0.39, 0.29) is 12.1 Å². The van der Waals surface area contributed by atoms with Crippen molar-refractivity contribution in [2.45, 2.75) is 50.2 Å². The summed E-state index contributed by atoms with van der Waals surface area (Å²) in [5, 5.41) is 4.44. The maximum Gasteiger partial charge on any atom is 0.170 e. The topological polar surface area (TPSA) is 33.1 Å². The van der Waals surface area contributed by atoms with Gasteiger partial charge >= 0.3 is 0 Å². The Morgan fingerprint density at radius 1 is 1.12 bits per heavy atom. The number of aryl methyl sites for hydroxylation is 1. The van der Waals surface area contributed by atoms with Gasteiger partial charge in [-0.1, -0.05) is 25.3 Å². The van der Waals surface area contributed by atoms with Crippen molar-refractivity contribution in [2.75, 3.05) is 0 Å². The van der Waals surface area contributed by atoms with Crippen LogP contribution in [0.15, 0.2) is 42.7 Å². The molecule has 126 valence electrons. The van der Waals surface area contributed by atoms with Gasteiger partial charge in [-0.2, -0.15) is 0 Å². The number of nitrogens with one attached hydrogen (secondary N) is 1. The molecule has 1 N–H and O–H groups in total. The van der Waals surface area contributed by atoms with Gasteiger partial charge in [0.15, 0.2) is 5.11 Å². The fraction of sp³-hybridized carbons (Fsp3) is 0.474. The molecule has 4 nitrogen and oxygen atoms in total. The number of nitrogens with zero attached hydrogens (tertiary/aromatic N) is 3. The van der Waals surface area contributed by atoms with E-state index in [4.69, 9.17) is 12.2 Å². The van der Waals surface area contributed by atoms with Crippen molar-refractivity contribution < 1.29 is 0 Å². The van der Waals surface area contributed by atoms with Crippen LogP contribution < -0.4 is 5.32 Å². The Balaban J connectivity index is 1.75. The minimum absolute atomic E-state index is 0.106. The Morgan fingerprint density at radius 3 is 2.62 bits per heavy atom. The van der Waals surface area contributed by atoms with Gasteiger partial charge in [0.2, 0.25) is 0 Å². The fourth-order valence-corrected chi connectivity index (χ4v) is 4.61. The average Bonchev–Trinajstić information content (AvgIpc) is 3.19. The van der Waals surface area contributed by atoms with Crippen LogP contribution in [0.1, 0.15) is 55.6 Å². The summed E-state index contributed by atoms with van der Waals surface area (Å²) in [7, 11) is 2.12. The molecule has 2 aromatic heterocycles. The lowest BCUT2D eigenvalue weighted by Crippen LogP contribution is -2.40. The van der Waals surface area contributed by atoms with Crippen LogP contribution in [0.3, 0.4) is 0 Å². The van der Waals surface area contributed by atoms with Crippen LogP contribution in [-0.4, -0.2) is 25.6 Å². The fourth-order valence-electron chi connectivity index (χ4n) is 4.22. The highest BCUT2D eigenvalue weighted by Gasteiger charge is 2.43. The zero-order chi connectivity index (χ0) is 16.5. The summed E-state index contributed by atoms with van der Waals surface area (Å²) in [5.74, 6) is 0. The molecule has 0 aromatic carbocycles. The molecule has 5 heteroatoms. The highest BCUT2D eigenvalue weighted by Crippen LogP contribution is 2.42. The maximum absolute atomic E-state index is 5.77. The molecule has 2 aliphatic rings. The number of aromatic nitrogens is 2. The first-order chi connectivity index (χ1) is 11.8. The highest BCUT2D eigenvalue weighted by molar-refractivity contribution is 7.80. The smallest absolute Gasteiger partial charge is 0.170 e. The summed E-state index contributed by atoms with van der Waals surface area (Å²) in [6, 6.07) is 11.3. The Labute approximate surface area is 148 Å². The van der Waals surface area contributed by atoms with Gasteiger partial charge < -0.3 is 14.8 Å². The molecular formula is C19H24N4S. The van der Waals surface area contributed by atoms with Crippen LogP contribution in [0.2, 0.25) is 0 Å². The number of hydrogen-bond donors (Lipinski definition) is 1. The molecule has 4 rings (SSSR count). The van der Waals surface area contributed by atoms with Crippen molar-refractivity contribution in [2.24, 2.45) is 7.05 Å². The normalized spacial score (nSPS) is 25.0. The van der Waals surface area contributed by atoms with Gasteiger partial charge in [0.1, 0.15) is 0 Å². The van der Waals surface area contributed by atoms with Crippen LogP contribution in [-0.2, 0) is 7.05 Å². The van der Waals surface area contributed by atoms with Gasteiger partial charge in [0.25, 0.3) is 0 Å². The molecule has 2 fully saturated rings. The second-order valence-corrected chi connectivity index (χ2v) is 7.26. The number of pyridine rings is 1. The van der Waals surface area contributed by atoms with E-state index in [9.17, 15) is 0 Å². The molecule has 2 aromatic rings. The molecule has 24 heavy (non-hydrogen) atoms. The molecule has 0 spiro atoms. The first kappa shape index (κ1) is 15.6. The van der Waals surface area contributed by atoms with Crippen molar-refractivity contribution in [3.05, 3.63) is 54.1 Å².